The van der Waals surface area contributed by atoms with Crippen LogP contribution in [0.3, 0.4) is 0 Å². The monoisotopic (exact) mass is 348 g/mol. The standard InChI is InChI=1S/C10H10BrF5N2O/c11-3-6-4-17-8(1-2-19-5-7(12)13)18-9(6)10(14,15)16/h4,7H,1-3,5H2. The minimum absolute atomic E-state index is 0.0238. The van der Waals surface area contributed by atoms with Crippen molar-refractivity contribution < 1.29 is 26.7 Å². The summed E-state index contributed by atoms with van der Waals surface area (Å²) in [5.74, 6) is -0.0914. The van der Waals surface area contributed by atoms with Crippen LogP contribution < -0.4 is 0 Å². The molecule has 0 atom stereocenters. The Hall–Kier alpha value is -0.830. The topological polar surface area (TPSA) is 35.0 Å². The number of halogens is 6. The van der Waals surface area contributed by atoms with Gasteiger partial charge in [-0.3, -0.25) is 0 Å². The molecule has 0 aliphatic carbocycles. The Labute approximate surface area is 114 Å². The fraction of sp³-hybridized carbons (Fsp3) is 0.600. The number of alkyl halides is 6. The average Bonchev–Trinajstić information content (AvgIpc) is 2.33. The molecule has 1 rings (SSSR count). The Balaban J connectivity index is 2.70. The van der Waals surface area contributed by atoms with Gasteiger partial charge in [-0.1, -0.05) is 15.9 Å². The van der Waals surface area contributed by atoms with E-state index in [0.29, 0.717) is 0 Å². The second kappa shape index (κ2) is 7.09. The van der Waals surface area contributed by atoms with E-state index < -0.39 is 24.9 Å². The van der Waals surface area contributed by atoms with Crippen molar-refractivity contribution in [2.45, 2.75) is 24.4 Å². The second-order valence-electron chi connectivity index (χ2n) is 3.51. The number of hydrogen-bond donors (Lipinski definition) is 0. The van der Waals surface area contributed by atoms with E-state index >= 15 is 0 Å². The van der Waals surface area contributed by atoms with Gasteiger partial charge >= 0.3 is 6.18 Å². The zero-order valence-corrected chi connectivity index (χ0v) is 11.1. The highest BCUT2D eigenvalue weighted by molar-refractivity contribution is 9.08. The quantitative estimate of drug-likeness (QED) is 0.449. The summed E-state index contributed by atoms with van der Waals surface area (Å²) < 4.78 is 66.1. The van der Waals surface area contributed by atoms with Gasteiger partial charge in [0.2, 0.25) is 0 Å². The van der Waals surface area contributed by atoms with Crippen LogP contribution in [0.5, 0.6) is 0 Å². The van der Waals surface area contributed by atoms with Crippen LogP contribution in [0.15, 0.2) is 6.20 Å². The molecular weight excluding hydrogens is 339 g/mol. The lowest BCUT2D eigenvalue weighted by molar-refractivity contribution is -0.141. The highest BCUT2D eigenvalue weighted by atomic mass is 79.9. The van der Waals surface area contributed by atoms with Crippen LogP contribution >= 0.6 is 15.9 Å². The van der Waals surface area contributed by atoms with Crippen molar-refractivity contribution in [1.82, 2.24) is 9.97 Å². The minimum Gasteiger partial charge on any atom is -0.375 e. The van der Waals surface area contributed by atoms with Gasteiger partial charge in [0.15, 0.2) is 5.69 Å². The van der Waals surface area contributed by atoms with Crippen LogP contribution in [-0.2, 0) is 22.7 Å². The van der Waals surface area contributed by atoms with Crippen molar-refractivity contribution >= 4 is 15.9 Å². The third-order valence-corrected chi connectivity index (χ3v) is 2.64. The first-order chi connectivity index (χ1) is 8.84. The Morgan fingerprint density at radius 3 is 2.53 bits per heavy atom. The molecule has 0 spiro atoms. The van der Waals surface area contributed by atoms with Gasteiger partial charge < -0.3 is 4.74 Å². The molecule has 0 aromatic carbocycles. The van der Waals surface area contributed by atoms with Gasteiger partial charge in [0.25, 0.3) is 6.43 Å². The summed E-state index contributed by atoms with van der Waals surface area (Å²) in [7, 11) is 0. The van der Waals surface area contributed by atoms with Crippen molar-refractivity contribution in [3.8, 4) is 0 Å². The lowest BCUT2D eigenvalue weighted by Crippen LogP contribution is -2.15. The van der Waals surface area contributed by atoms with E-state index in [1.54, 1.807) is 0 Å². The molecule has 0 N–H and O–H groups in total. The highest BCUT2D eigenvalue weighted by Crippen LogP contribution is 2.31. The number of ether oxygens (including phenoxy) is 1. The molecule has 1 aromatic rings. The fourth-order valence-electron chi connectivity index (χ4n) is 1.24. The Morgan fingerprint density at radius 1 is 1.32 bits per heavy atom. The molecule has 3 nitrogen and oxygen atoms in total. The zero-order chi connectivity index (χ0) is 14.5. The molecule has 9 heteroatoms. The smallest absolute Gasteiger partial charge is 0.375 e. The van der Waals surface area contributed by atoms with Gasteiger partial charge in [-0.15, -0.1) is 0 Å². The van der Waals surface area contributed by atoms with Crippen molar-refractivity contribution in [3.63, 3.8) is 0 Å². The second-order valence-corrected chi connectivity index (χ2v) is 4.07. The molecule has 0 bridgehead atoms. The molecule has 1 heterocycles. The van der Waals surface area contributed by atoms with Crippen LogP contribution in [0.25, 0.3) is 0 Å². The lowest BCUT2D eigenvalue weighted by Gasteiger charge is -2.11. The van der Waals surface area contributed by atoms with Gasteiger partial charge in [-0.2, -0.15) is 13.2 Å². The third-order valence-electron chi connectivity index (χ3n) is 2.04. The normalized spacial score (nSPS) is 12.2. The van der Waals surface area contributed by atoms with E-state index in [0.717, 1.165) is 6.20 Å². The molecule has 0 saturated heterocycles. The Kier molecular flexibility index (Phi) is 6.05. The van der Waals surface area contributed by atoms with E-state index in [1.807, 2.05) is 0 Å². The van der Waals surface area contributed by atoms with E-state index in [1.165, 1.54) is 0 Å². The molecule has 0 fully saturated rings. The predicted octanol–water partition coefficient (Wildman–Crippen LogP) is 3.21. The van der Waals surface area contributed by atoms with Crippen LogP contribution in [0.4, 0.5) is 22.0 Å². The zero-order valence-electron chi connectivity index (χ0n) is 9.55. The Bertz CT molecular complexity index is 413. The SMILES string of the molecule is FC(F)COCCc1ncc(CBr)c(C(F)(F)F)n1. The summed E-state index contributed by atoms with van der Waals surface area (Å²) in [6.07, 6.45) is -6.18. The summed E-state index contributed by atoms with van der Waals surface area (Å²) in [6, 6.07) is 0. The molecular formula is C10H10BrF5N2O. The average molecular weight is 349 g/mol. The van der Waals surface area contributed by atoms with Crippen LogP contribution in [0.1, 0.15) is 17.1 Å². The minimum atomic E-state index is -4.58. The lowest BCUT2D eigenvalue weighted by atomic mass is 10.2. The maximum atomic E-state index is 12.7. The van der Waals surface area contributed by atoms with Crippen molar-refractivity contribution in [2.24, 2.45) is 0 Å². The van der Waals surface area contributed by atoms with Crippen LogP contribution in [0.2, 0.25) is 0 Å². The molecule has 0 unspecified atom stereocenters. The first-order valence-electron chi connectivity index (χ1n) is 5.18. The summed E-state index contributed by atoms with van der Waals surface area (Å²) in [5.41, 5.74) is -1.10. The summed E-state index contributed by atoms with van der Waals surface area (Å²) in [4.78, 5) is 7.13. The van der Waals surface area contributed by atoms with E-state index in [2.05, 4.69) is 30.6 Å². The van der Waals surface area contributed by atoms with Crippen molar-refractivity contribution in [2.75, 3.05) is 13.2 Å². The van der Waals surface area contributed by atoms with Gasteiger partial charge in [-0.05, 0) is 0 Å². The van der Waals surface area contributed by atoms with E-state index in [-0.39, 0.29) is 29.7 Å². The maximum absolute atomic E-state index is 12.7. The van der Waals surface area contributed by atoms with E-state index in [9.17, 15) is 22.0 Å². The number of hydrogen-bond acceptors (Lipinski definition) is 3. The van der Waals surface area contributed by atoms with Gasteiger partial charge in [0.1, 0.15) is 12.4 Å². The predicted molar refractivity (Wildman–Crippen MR) is 60.2 cm³/mol. The van der Waals surface area contributed by atoms with E-state index in [4.69, 9.17) is 0 Å². The molecule has 19 heavy (non-hydrogen) atoms. The molecule has 0 aliphatic rings. The van der Waals surface area contributed by atoms with Gasteiger partial charge in [0, 0.05) is 23.5 Å². The number of nitrogens with zero attached hydrogens (tertiary/aromatic N) is 2. The first-order valence-corrected chi connectivity index (χ1v) is 6.30. The molecule has 0 radical (unpaired) electrons. The van der Waals surface area contributed by atoms with Crippen LogP contribution in [0, 0.1) is 0 Å². The fourth-order valence-corrected chi connectivity index (χ4v) is 1.65. The van der Waals surface area contributed by atoms with Crippen LogP contribution in [-0.4, -0.2) is 29.6 Å². The highest BCUT2D eigenvalue weighted by Gasteiger charge is 2.35. The first kappa shape index (κ1) is 16.2. The third kappa shape index (κ3) is 5.35. The molecule has 0 aliphatic heterocycles. The molecule has 1 aromatic heterocycles. The number of rotatable bonds is 6. The number of aromatic nitrogens is 2. The van der Waals surface area contributed by atoms with Crippen molar-refractivity contribution in [3.05, 3.63) is 23.3 Å². The summed E-state index contributed by atoms with van der Waals surface area (Å²) in [5, 5.41) is -0.0238. The Morgan fingerprint density at radius 2 is 2.00 bits per heavy atom. The van der Waals surface area contributed by atoms with Crippen molar-refractivity contribution in [1.29, 1.82) is 0 Å². The maximum Gasteiger partial charge on any atom is 0.433 e. The summed E-state index contributed by atoms with van der Waals surface area (Å²) in [6.45, 7) is -0.916. The molecule has 0 amide bonds. The molecule has 108 valence electrons. The van der Waals surface area contributed by atoms with Gasteiger partial charge in [0.05, 0.1) is 6.61 Å². The summed E-state index contributed by atoms with van der Waals surface area (Å²) >= 11 is 2.92. The molecule has 0 saturated carbocycles. The largest absolute Gasteiger partial charge is 0.433 e. The van der Waals surface area contributed by atoms with Gasteiger partial charge in [-0.25, -0.2) is 18.7 Å².